The molecule has 0 aliphatic heterocycles. The quantitative estimate of drug-likeness (QED) is 0.300. The second-order valence-electron chi connectivity index (χ2n) is 4.84. The molecule has 118 valence electrons. The second kappa shape index (κ2) is 15.0. The number of hydrogen-bond acceptors (Lipinski definition) is 4. The molecule has 0 unspecified atom stereocenters. The summed E-state index contributed by atoms with van der Waals surface area (Å²) in [6.45, 7) is 4.30. The minimum atomic E-state index is 0.0378. The maximum Gasteiger partial charge on any atom is 0.230 e. The zero-order chi connectivity index (χ0) is 15.1. The molecule has 0 fully saturated rings. The molecule has 0 aliphatic carbocycles. The van der Waals surface area contributed by atoms with E-state index >= 15 is 0 Å². The highest BCUT2D eigenvalue weighted by atomic mass is 33.1. The van der Waals surface area contributed by atoms with Gasteiger partial charge in [-0.1, -0.05) is 52.4 Å². The van der Waals surface area contributed by atoms with Crippen LogP contribution in [0.5, 0.6) is 0 Å². The molecule has 2 amide bonds. The molecule has 0 rings (SSSR count). The van der Waals surface area contributed by atoms with Crippen molar-refractivity contribution in [3.63, 3.8) is 0 Å². The Morgan fingerprint density at radius 3 is 1.45 bits per heavy atom. The van der Waals surface area contributed by atoms with Crippen LogP contribution in [-0.2, 0) is 9.59 Å². The first-order chi connectivity index (χ1) is 9.70. The lowest BCUT2D eigenvalue weighted by atomic mass is 10.1. The Bertz CT molecular complexity index is 238. The van der Waals surface area contributed by atoms with Crippen molar-refractivity contribution in [3.8, 4) is 0 Å². The van der Waals surface area contributed by atoms with E-state index in [1.807, 2.05) is 0 Å². The first-order valence-electron chi connectivity index (χ1n) is 7.60. The van der Waals surface area contributed by atoms with Crippen LogP contribution in [0.2, 0.25) is 0 Å². The van der Waals surface area contributed by atoms with Gasteiger partial charge < -0.3 is 0 Å². The van der Waals surface area contributed by atoms with Gasteiger partial charge in [0, 0.05) is 34.8 Å². The molecule has 0 saturated heterocycles. The monoisotopic (exact) mass is 320 g/mol. The Balaban J connectivity index is 3.32. The van der Waals surface area contributed by atoms with E-state index in [9.17, 15) is 9.59 Å². The molecule has 0 aliphatic rings. The summed E-state index contributed by atoms with van der Waals surface area (Å²) >= 11 is 0. The first kappa shape index (κ1) is 19.6. The molecule has 0 saturated carbocycles. The molecule has 0 aromatic carbocycles. The normalized spacial score (nSPS) is 10.3. The van der Waals surface area contributed by atoms with Gasteiger partial charge in [0.05, 0.1) is 0 Å². The standard InChI is InChI=1S/C14H28N2O2S2/c1-3-5-7-9-11-13(17)15-19-20-16-14(18)12-10-8-6-4-2/h3-12H2,1-2H3,(H,15,17)(H,16,18). The van der Waals surface area contributed by atoms with E-state index in [4.69, 9.17) is 0 Å². The van der Waals surface area contributed by atoms with Crippen LogP contribution in [0.15, 0.2) is 0 Å². The fraction of sp³-hybridized carbons (Fsp3) is 0.857. The number of carbonyl (C=O) groups is 2. The number of rotatable bonds is 13. The molecule has 0 bridgehead atoms. The molecule has 20 heavy (non-hydrogen) atoms. The smallest absolute Gasteiger partial charge is 0.230 e. The van der Waals surface area contributed by atoms with E-state index in [1.54, 1.807) is 0 Å². The predicted molar refractivity (Wildman–Crippen MR) is 89.0 cm³/mol. The minimum absolute atomic E-state index is 0.0378. The van der Waals surface area contributed by atoms with Crippen molar-refractivity contribution >= 4 is 33.8 Å². The third kappa shape index (κ3) is 14.1. The number of amides is 2. The molecular weight excluding hydrogens is 292 g/mol. The second-order valence-corrected chi connectivity index (χ2v) is 6.58. The van der Waals surface area contributed by atoms with Gasteiger partial charge in [-0.05, 0) is 12.8 Å². The Morgan fingerprint density at radius 1 is 0.700 bits per heavy atom. The molecule has 4 nitrogen and oxygen atoms in total. The van der Waals surface area contributed by atoms with Crippen molar-refractivity contribution in [2.24, 2.45) is 0 Å². The van der Waals surface area contributed by atoms with Crippen LogP contribution in [0, 0.1) is 0 Å². The van der Waals surface area contributed by atoms with Crippen LogP contribution in [0.25, 0.3) is 0 Å². The van der Waals surface area contributed by atoms with Gasteiger partial charge in [0.1, 0.15) is 0 Å². The average Bonchev–Trinajstić information content (AvgIpc) is 2.44. The summed E-state index contributed by atoms with van der Waals surface area (Å²) in [4.78, 5) is 22.9. The molecule has 0 spiro atoms. The summed E-state index contributed by atoms with van der Waals surface area (Å²) in [5, 5.41) is 0. The van der Waals surface area contributed by atoms with Crippen LogP contribution >= 0.6 is 22.0 Å². The number of carbonyl (C=O) groups excluding carboxylic acids is 2. The Kier molecular flexibility index (Phi) is 14.8. The maximum atomic E-state index is 11.4. The van der Waals surface area contributed by atoms with E-state index in [0.29, 0.717) is 12.8 Å². The number of nitrogens with one attached hydrogen (secondary N) is 2. The van der Waals surface area contributed by atoms with Crippen molar-refractivity contribution in [2.45, 2.75) is 78.1 Å². The van der Waals surface area contributed by atoms with Crippen LogP contribution < -0.4 is 9.44 Å². The van der Waals surface area contributed by atoms with Gasteiger partial charge in [-0.25, -0.2) is 0 Å². The van der Waals surface area contributed by atoms with Crippen molar-refractivity contribution in [2.75, 3.05) is 0 Å². The van der Waals surface area contributed by atoms with E-state index < -0.39 is 0 Å². The largest absolute Gasteiger partial charge is 0.290 e. The van der Waals surface area contributed by atoms with Gasteiger partial charge in [0.25, 0.3) is 0 Å². The topological polar surface area (TPSA) is 58.2 Å². The van der Waals surface area contributed by atoms with Gasteiger partial charge in [-0.3, -0.25) is 19.0 Å². The Hall–Kier alpha value is -0.360. The van der Waals surface area contributed by atoms with E-state index in [0.717, 1.165) is 25.7 Å². The van der Waals surface area contributed by atoms with Crippen molar-refractivity contribution in [1.82, 2.24) is 9.44 Å². The van der Waals surface area contributed by atoms with Gasteiger partial charge in [-0.15, -0.1) is 0 Å². The third-order valence-corrected chi connectivity index (χ3v) is 4.32. The molecule has 0 heterocycles. The first-order valence-corrected chi connectivity index (χ1v) is 9.75. The highest BCUT2D eigenvalue weighted by Gasteiger charge is 2.03. The van der Waals surface area contributed by atoms with E-state index in [2.05, 4.69) is 23.3 Å². The predicted octanol–water partition coefficient (Wildman–Crippen LogP) is 4.37. The number of hydrogen-bond donors (Lipinski definition) is 2. The van der Waals surface area contributed by atoms with Gasteiger partial charge in [0.2, 0.25) is 11.8 Å². The Morgan fingerprint density at radius 2 is 1.10 bits per heavy atom. The zero-order valence-corrected chi connectivity index (χ0v) is 14.3. The highest BCUT2D eigenvalue weighted by Crippen LogP contribution is 2.14. The summed E-state index contributed by atoms with van der Waals surface area (Å²) < 4.78 is 5.43. The lowest BCUT2D eigenvalue weighted by Gasteiger charge is -2.05. The summed E-state index contributed by atoms with van der Waals surface area (Å²) in [7, 11) is 2.36. The number of unbranched alkanes of at least 4 members (excludes halogenated alkanes) is 6. The Labute approximate surface area is 131 Å². The minimum Gasteiger partial charge on any atom is -0.290 e. The van der Waals surface area contributed by atoms with Crippen LogP contribution in [0.1, 0.15) is 78.1 Å². The lowest BCUT2D eigenvalue weighted by molar-refractivity contribution is -0.120. The van der Waals surface area contributed by atoms with E-state index in [-0.39, 0.29) is 11.8 Å². The molecule has 6 heteroatoms. The van der Waals surface area contributed by atoms with Gasteiger partial charge in [-0.2, -0.15) is 0 Å². The van der Waals surface area contributed by atoms with Crippen LogP contribution in [-0.4, -0.2) is 11.8 Å². The molecular formula is C14H28N2O2S2. The van der Waals surface area contributed by atoms with Crippen molar-refractivity contribution in [3.05, 3.63) is 0 Å². The molecule has 0 aromatic rings. The molecule has 0 radical (unpaired) electrons. The van der Waals surface area contributed by atoms with Gasteiger partial charge in [0.15, 0.2) is 0 Å². The SMILES string of the molecule is CCCCCCC(=O)NSSNC(=O)CCCCCC. The third-order valence-electron chi connectivity index (χ3n) is 2.87. The molecule has 2 N–H and O–H groups in total. The average molecular weight is 321 g/mol. The van der Waals surface area contributed by atoms with Crippen LogP contribution in [0.4, 0.5) is 0 Å². The maximum absolute atomic E-state index is 11.4. The molecule has 0 aromatic heterocycles. The van der Waals surface area contributed by atoms with E-state index in [1.165, 1.54) is 47.6 Å². The summed E-state index contributed by atoms with van der Waals surface area (Å²) in [5.74, 6) is 0.0756. The van der Waals surface area contributed by atoms with Crippen LogP contribution in [0.3, 0.4) is 0 Å². The lowest BCUT2D eigenvalue weighted by Crippen LogP contribution is -2.18. The fourth-order valence-electron chi connectivity index (χ4n) is 1.66. The van der Waals surface area contributed by atoms with Crippen molar-refractivity contribution < 1.29 is 9.59 Å². The summed E-state index contributed by atoms with van der Waals surface area (Å²) in [6, 6.07) is 0. The highest BCUT2D eigenvalue weighted by molar-refractivity contribution is 8.75. The van der Waals surface area contributed by atoms with Crippen molar-refractivity contribution in [1.29, 1.82) is 0 Å². The molecule has 0 atom stereocenters. The summed E-state index contributed by atoms with van der Waals surface area (Å²) in [5.41, 5.74) is 0. The summed E-state index contributed by atoms with van der Waals surface area (Å²) in [6.07, 6.45) is 9.95. The zero-order valence-electron chi connectivity index (χ0n) is 12.7. The fourth-order valence-corrected chi connectivity index (χ4v) is 2.94. The van der Waals surface area contributed by atoms with Gasteiger partial charge >= 0.3 is 0 Å².